The summed E-state index contributed by atoms with van der Waals surface area (Å²) in [4.78, 5) is 0. The first kappa shape index (κ1) is 14.9. The molecule has 1 aliphatic carbocycles. The Morgan fingerprint density at radius 3 is 2.29 bits per heavy atom. The van der Waals surface area contributed by atoms with E-state index in [1.807, 2.05) is 0 Å². The highest BCUT2D eigenvalue weighted by Gasteiger charge is 2.29. The third-order valence-electron chi connectivity index (χ3n) is 3.87. The second-order valence-corrected chi connectivity index (χ2v) is 6.20. The molecule has 17 heavy (non-hydrogen) atoms. The minimum absolute atomic E-state index is 0.122. The number of hydrogen-bond donors (Lipinski definition) is 2. The predicted octanol–water partition coefficient (Wildman–Crippen LogP) is 2.19. The fourth-order valence-electron chi connectivity index (χ4n) is 2.67. The lowest BCUT2D eigenvalue weighted by atomic mass is 9.71. The zero-order valence-electron chi connectivity index (χ0n) is 11.7. The second kappa shape index (κ2) is 7.34. The Labute approximate surface area is 106 Å². The van der Waals surface area contributed by atoms with Gasteiger partial charge in [-0.05, 0) is 37.0 Å². The smallest absolute Gasteiger partial charge is 0.0698 e. The number of hydrogen-bond acceptors (Lipinski definition) is 3. The summed E-state index contributed by atoms with van der Waals surface area (Å²) in [5, 5.41) is 12.1. The fraction of sp³-hybridized carbons (Fsp3) is 1.00. The van der Waals surface area contributed by atoms with Crippen LogP contribution in [0.2, 0.25) is 0 Å². The van der Waals surface area contributed by atoms with Gasteiger partial charge in [-0.1, -0.05) is 20.8 Å². The van der Waals surface area contributed by atoms with Crippen molar-refractivity contribution >= 4 is 0 Å². The van der Waals surface area contributed by atoms with Gasteiger partial charge in [-0.15, -0.1) is 0 Å². The molecule has 1 saturated carbocycles. The lowest BCUT2D eigenvalue weighted by Crippen LogP contribution is -2.37. The van der Waals surface area contributed by atoms with Gasteiger partial charge in [0, 0.05) is 12.6 Å². The Balaban J connectivity index is 2.07. The van der Waals surface area contributed by atoms with E-state index in [4.69, 9.17) is 9.84 Å². The van der Waals surface area contributed by atoms with Crippen LogP contribution in [0.15, 0.2) is 0 Å². The summed E-state index contributed by atoms with van der Waals surface area (Å²) >= 11 is 0. The Bertz CT molecular complexity index is 193. The molecule has 0 aromatic rings. The van der Waals surface area contributed by atoms with Crippen molar-refractivity contribution in [2.75, 3.05) is 26.4 Å². The van der Waals surface area contributed by atoms with E-state index in [1.165, 1.54) is 25.7 Å². The van der Waals surface area contributed by atoms with E-state index < -0.39 is 0 Å². The van der Waals surface area contributed by atoms with Crippen molar-refractivity contribution in [3.8, 4) is 0 Å². The first-order valence-corrected chi connectivity index (χ1v) is 6.96. The van der Waals surface area contributed by atoms with Gasteiger partial charge in [0.05, 0.1) is 19.8 Å². The van der Waals surface area contributed by atoms with Gasteiger partial charge in [0.1, 0.15) is 0 Å². The van der Waals surface area contributed by atoms with Gasteiger partial charge < -0.3 is 15.2 Å². The summed E-state index contributed by atoms with van der Waals surface area (Å²) in [6, 6.07) is 0.673. The van der Waals surface area contributed by atoms with Gasteiger partial charge in [-0.25, -0.2) is 0 Å². The largest absolute Gasteiger partial charge is 0.394 e. The number of aliphatic hydroxyl groups excluding tert-OH is 1. The number of aliphatic hydroxyl groups is 1. The molecule has 2 N–H and O–H groups in total. The minimum Gasteiger partial charge on any atom is -0.394 e. The molecule has 0 amide bonds. The van der Waals surface area contributed by atoms with Crippen molar-refractivity contribution < 1.29 is 9.84 Å². The van der Waals surface area contributed by atoms with Gasteiger partial charge >= 0.3 is 0 Å². The zero-order valence-corrected chi connectivity index (χ0v) is 11.7. The molecule has 0 atom stereocenters. The van der Waals surface area contributed by atoms with Gasteiger partial charge in [0.25, 0.3) is 0 Å². The first-order chi connectivity index (χ1) is 8.04. The van der Waals surface area contributed by atoms with E-state index in [-0.39, 0.29) is 6.61 Å². The molecule has 102 valence electrons. The van der Waals surface area contributed by atoms with Crippen LogP contribution in [0.25, 0.3) is 0 Å². The van der Waals surface area contributed by atoms with Crippen molar-refractivity contribution in [1.82, 2.24) is 5.32 Å². The molecular formula is C14H29NO2. The molecular weight excluding hydrogens is 214 g/mol. The molecule has 0 heterocycles. The number of rotatable bonds is 6. The van der Waals surface area contributed by atoms with Crippen LogP contribution in [0.1, 0.15) is 46.5 Å². The van der Waals surface area contributed by atoms with E-state index in [0.717, 1.165) is 12.5 Å². The Morgan fingerprint density at radius 1 is 1.12 bits per heavy atom. The van der Waals surface area contributed by atoms with Crippen LogP contribution < -0.4 is 5.32 Å². The Morgan fingerprint density at radius 2 is 1.76 bits per heavy atom. The monoisotopic (exact) mass is 243 g/mol. The summed E-state index contributed by atoms with van der Waals surface area (Å²) in [7, 11) is 0. The highest BCUT2D eigenvalue weighted by atomic mass is 16.5. The molecule has 0 aromatic carbocycles. The molecule has 0 unspecified atom stereocenters. The van der Waals surface area contributed by atoms with Crippen molar-refractivity contribution in [1.29, 1.82) is 0 Å². The molecule has 0 saturated heterocycles. The molecule has 1 fully saturated rings. The highest BCUT2D eigenvalue weighted by molar-refractivity contribution is 4.83. The molecule has 0 aromatic heterocycles. The molecule has 1 aliphatic rings. The Hall–Kier alpha value is -0.120. The summed E-state index contributed by atoms with van der Waals surface area (Å²) in [6.07, 6.45) is 5.28. The van der Waals surface area contributed by atoms with Crippen LogP contribution in [-0.2, 0) is 4.74 Å². The molecule has 3 heteroatoms. The lowest BCUT2D eigenvalue weighted by Gasteiger charge is -2.37. The summed E-state index contributed by atoms with van der Waals surface area (Å²) in [6.45, 7) is 9.26. The van der Waals surface area contributed by atoms with Crippen LogP contribution in [0.4, 0.5) is 0 Å². The van der Waals surface area contributed by atoms with Crippen molar-refractivity contribution in [2.45, 2.75) is 52.5 Å². The molecule has 0 bridgehead atoms. The van der Waals surface area contributed by atoms with E-state index >= 15 is 0 Å². The molecule has 0 spiro atoms. The summed E-state index contributed by atoms with van der Waals surface area (Å²) in [5.74, 6) is 0.881. The number of nitrogens with one attached hydrogen (secondary N) is 1. The van der Waals surface area contributed by atoms with Crippen LogP contribution in [-0.4, -0.2) is 37.5 Å². The van der Waals surface area contributed by atoms with Gasteiger partial charge in [0.2, 0.25) is 0 Å². The van der Waals surface area contributed by atoms with Crippen LogP contribution in [0.5, 0.6) is 0 Å². The first-order valence-electron chi connectivity index (χ1n) is 6.96. The van der Waals surface area contributed by atoms with Crippen molar-refractivity contribution in [3.05, 3.63) is 0 Å². The highest BCUT2D eigenvalue weighted by Crippen LogP contribution is 2.37. The maximum atomic E-state index is 8.57. The average molecular weight is 243 g/mol. The van der Waals surface area contributed by atoms with Crippen molar-refractivity contribution in [2.24, 2.45) is 11.3 Å². The Kier molecular flexibility index (Phi) is 6.45. The van der Waals surface area contributed by atoms with E-state index in [0.29, 0.717) is 24.7 Å². The maximum absolute atomic E-state index is 8.57. The SMILES string of the molecule is CC(C)(C)C1CCC(NCCOCCO)CC1. The normalized spacial score (nSPS) is 26.1. The van der Waals surface area contributed by atoms with Gasteiger partial charge in [0.15, 0.2) is 0 Å². The molecule has 1 rings (SSSR count). The molecule has 0 radical (unpaired) electrons. The standard InChI is InChI=1S/C14H29NO2/c1-14(2,3)12-4-6-13(7-5-12)15-8-10-17-11-9-16/h12-13,15-16H,4-11H2,1-3H3. The molecule has 3 nitrogen and oxygen atoms in total. The second-order valence-electron chi connectivity index (χ2n) is 6.20. The average Bonchev–Trinajstić information content (AvgIpc) is 2.28. The van der Waals surface area contributed by atoms with Gasteiger partial charge in [-0.3, -0.25) is 0 Å². The topological polar surface area (TPSA) is 41.5 Å². The maximum Gasteiger partial charge on any atom is 0.0698 e. The van der Waals surface area contributed by atoms with Gasteiger partial charge in [-0.2, -0.15) is 0 Å². The van der Waals surface area contributed by atoms with E-state index in [9.17, 15) is 0 Å². The zero-order chi connectivity index (χ0) is 12.7. The quantitative estimate of drug-likeness (QED) is 0.703. The van der Waals surface area contributed by atoms with E-state index in [1.54, 1.807) is 0 Å². The van der Waals surface area contributed by atoms with Crippen LogP contribution >= 0.6 is 0 Å². The van der Waals surface area contributed by atoms with E-state index in [2.05, 4.69) is 26.1 Å². The third kappa shape index (κ3) is 5.84. The van der Waals surface area contributed by atoms with Crippen molar-refractivity contribution in [3.63, 3.8) is 0 Å². The summed E-state index contributed by atoms with van der Waals surface area (Å²) in [5.41, 5.74) is 0.467. The fourth-order valence-corrected chi connectivity index (χ4v) is 2.67. The minimum atomic E-state index is 0.122. The predicted molar refractivity (Wildman–Crippen MR) is 71.1 cm³/mol. The number of ether oxygens (including phenoxy) is 1. The third-order valence-corrected chi connectivity index (χ3v) is 3.87. The summed E-state index contributed by atoms with van der Waals surface area (Å²) < 4.78 is 5.24. The lowest BCUT2D eigenvalue weighted by molar-refractivity contribution is 0.0896. The van der Waals surface area contributed by atoms with Crippen LogP contribution in [0.3, 0.4) is 0 Å². The molecule has 0 aliphatic heterocycles. The van der Waals surface area contributed by atoms with Crippen LogP contribution in [0, 0.1) is 11.3 Å².